The number of benzene rings is 1. The van der Waals surface area contributed by atoms with Crippen LogP contribution in [0.1, 0.15) is 16.9 Å². The van der Waals surface area contributed by atoms with Crippen molar-refractivity contribution in [3.05, 3.63) is 76.4 Å². The topological polar surface area (TPSA) is 56.5 Å². The van der Waals surface area contributed by atoms with Crippen LogP contribution in [0.15, 0.2) is 63.9 Å². The molecule has 26 heavy (non-hydrogen) atoms. The first-order chi connectivity index (χ1) is 12.3. The zero-order valence-corrected chi connectivity index (χ0v) is 16.7. The third kappa shape index (κ3) is 5.49. The molecule has 0 aliphatic carbocycles. The lowest BCUT2D eigenvalue weighted by Gasteiger charge is -2.14. The first-order valence-electron chi connectivity index (χ1n) is 7.87. The molecule has 0 saturated heterocycles. The molecular weight excluding hydrogens is 420 g/mol. The number of rotatable bonds is 8. The van der Waals surface area contributed by atoms with Gasteiger partial charge in [0.2, 0.25) is 0 Å². The first kappa shape index (κ1) is 20.3. The van der Waals surface area contributed by atoms with Crippen LogP contribution >= 0.6 is 28.3 Å². The predicted octanol–water partition coefficient (Wildman–Crippen LogP) is 4.74. The molecule has 3 rings (SSSR count). The fourth-order valence-corrected chi connectivity index (χ4v) is 3.00. The van der Waals surface area contributed by atoms with Crippen LogP contribution in [-0.4, -0.2) is 12.1 Å². The van der Waals surface area contributed by atoms with E-state index >= 15 is 0 Å². The molecule has 1 aromatic carbocycles. The molecule has 0 aliphatic rings. The lowest BCUT2D eigenvalue weighted by molar-refractivity contribution is 0.282. The van der Waals surface area contributed by atoms with Gasteiger partial charge in [-0.15, -0.1) is 12.4 Å². The van der Waals surface area contributed by atoms with Gasteiger partial charge >= 0.3 is 0 Å². The Morgan fingerprint density at radius 2 is 2.04 bits per heavy atom. The van der Waals surface area contributed by atoms with E-state index in [1.54, 1.807) is 25.8 Å². The van der Waals surface area contributed by atoms with Crippen molar-refractivity contribution >= 4 is 28.3 Å². The van der Waals surface area contributed by atoms with E-state index in [9.17, 15) is 0 Å². The van der Waals surface area contributed by atoms with Gasteiger partial charge < -0.3 is 19.2 Å². The summed E-state index contributed by atoms with van der Waals surface area (Å²) in [6.07, 6.45) is 5.20. The van der Waals surface area contributed by atoms with Crippen molar-refractivity contribution in [3.63, 3.8) is 0 Å². The molecule has 0 spiro atoms. The third-order valence-electron chi connectivity index (χ3n) is 3.60. The number of halogens is 2. The average molecular weight is 440 g/mol. The van der Waals surface area contributed by atoms with Crippen LogP contribution < -0.4 is 14.8 Å². The van der Waals surface area contributed by atoms with E-state index in [0.29, 0.717) is 31.2 Å². The number of furan rings is 1. The Hall–Kier alpha value is -2.02. The molecule has 0 bridgehead atoms. The van der Waals surface area contributed by atoms with Crippen molar-refractivity contribution in [2.75, 3.05) is 7.11 Å². The Labute approximate surface area is 167 Å². The van der Waals surface area contributed by atoms with Crippen molar-refractivity contribution < 1.29 is 13.9 Å². The van der Waals surface area contributed by atoms with E-state index in [1.165, 1.54) is 0 Å². The maximum Gasteiger partial charge on any atom is 0.175 e. The Morgan fingerprint density at radius 1 is 1.15 bits per heavy atom. The van der Waals surface area contributed by atoms with Crippen LogP contribution in [0.25, 0.3) is 0 Å². The highest BCUT2D eigenvalue weighted by Crippen LogP contribution is 2.37. The van der Waals surface area contributed by atoms with E-state index in [0.717, 1.165) is 21.4 Å². The number of ether oxygens (including phenoxy) is 2. The summed E-state index contributed by atoms with van der Waals surface area (Å²) < 4.78 is 17.6. The number of methoxy groups -OCH3 is 1. The van der Waals surface area contributed by atoms with Gasteiger partial charge in [0.1, 0.15) is 12.4 Å². The second-order valence-electron chi connectivity index (χ2n) is 5.44. The van der Waals surface area contributed by atoms with Gasteiger partial charge in [-0.05, 0) is 51.8 Å². The quantitative estimate of drug-likeness (QED) is 0.549. The number of aromatic nitrogens is 1. The highest BCUT2D eigenvalue weighted by molar-refractivity contribution is 9.10. The van der Waals surface area contributed by atoms with Gasteiger partial charge in [0.25, 0.3) is 0 Å². The van der Waals surface area contributed by atoms with Crippen LogP contribution in [0.3, 0.4) is 0 Å². The largest absolute Gasteiger partial charge is 0.493 e. The van der Waals surface area contributed by atoms with E-state index < -0.39 is 0 Å². The van der Waals surface area contributed by atoms with Crippen molar-refractivity contribution in [1.29, 1.82) is 0 Å². The molecule has 0 fully saturated rings. The summed E-state index contributed by atoms with van der Waals surface area (Å²) in [6, 6.07) is 11.7. The van der Waals surface area contributed by atoms with Gasteiger partial charge in [-0.3, -0.25) is 4.98 Å². The van der Waals surface area contributed by atoms with E-state index in [2.05, 4.69) is 26.2 Å². The summed E-state index contributed by atoms with van der Waals surface area (Å²) >= 11 is 3.58. The lowest BCUT2D eigenvalue weighted by atomic mass is 10.2. The molecule has 5 nitrogen and oxygen atoms in total. The summed E-state index contributed by atoms with van der Waals surface area (Å²) in [7, 11) is 1.64. The molecular formula is C19H20BrClN2O3. The Bertz CT molecular complexity index is 798. The molecule has 1 N–H and O–H groups in total. The number of hydrogen-bond donors (Lipinski definition) is 1. The first-order valence-corrected chi connectivity index (χ1v) is 8.67. The monoisotopic (exact) mass is 438 g/mol. The maximum atomic E-state index is 5.92. The van der Waals surface area contributed by atoms with Gasteiger partial charge in [-0.2, -0.15) is 0 Å². The molecule has 0 radical (unpaired) electrons. The van der Waals surface area contributed by atoms with Crippen molar-refractivity contribution in [2.24, 2.45) is 0 Å². The van der Waals surface area contributed by atoms with Gasteiger partial charge in [0, 0.05) is 24.5 Å². The minimum absolute atomic E-state index is 0. The fraction of sp³-hybridized carbons (Fsp3) is 0.211. The van der Waals surface area contributed by atoms with Crippen LogP contribution in [-0.2, 0) is 19.7 Å². The number of nitrogens with zero attached hydrogens (tertiary/aromatic N) is 1. The molecule has 3 aromatic rings. The smallest absolute Gasteiger partial charge is 0.175 e. The molecule has 0 unspecified atom stereocenters. The Morgan fingerprint density at radius 3 is 2.73 bits per heavy atom. The standard InChI is InChI=1S/C19H19BrN2O3.ClH/c1-23-18-9-15(11-22-12-16-5-3-7-24-16)8-17(20)19(18)25-13-14-4-2-6-21-10-14;/h2-10,22H,11-13H2,1H3;1H. The summed E-state index contributed by atoms with van der Waals surface area (Å²) in [4.78, 5) is 4.09. The van der Waals surface area contributed by atoms with Crippen molar-refractivity contribution in [2.45, 2.75) is 19.7 Å². The molecule has 138 valence electrons. The van der Waals surface area contributed by atoms with Crippen LogP contribution in [0, 0.1) is 0 Å². The third-order valence-corrected chi connectivity index (χ3v) is 4.19. The zero-order chi connectivity index (χ0) is 17.5. The zero-order valence-electron chi connectivity index (χ0n) is 14.3. The minimum Gasteiger partial charge on any atom is -0.493 e. The number of hydrogen-bond acceptors (Lipinski definition) is 5. The summed E-state index contributed by atoms with van der Waals surface area (Å²) in [6.45, 7) is 1.80. The van der Waals surface area contributed by atoms with Crippen molar-refractivity contribution in [3.8, 4) is 11.5 Å². The molecule has 0 saturated carbocycles. The molecule has 0 aliphatic heterocycles. The predicted molar refractivity (Wildman–Crippen MR) is 106 cm³/mol. The van der Waals surface area contributed by atoms with Gasteiger partial charge in [0.05, 0.1) is 24.4 Å². The van der Waals surface area contributed by atoms with Crippen LogP contribution in [0.5, 0.6) is 11.5 Å². The highest BCUT2D eigenvalue weighted by atomic mass is 79.9. The SMILES string of the molecule is COc1cc(CNCc2ccco2)cc(Br)c1OCc1cccnc1.Cl. The number of pyridine rings is 1. The second kappa shape index (κ2) is 10.2. The van der Waals surface area contributed by atoms with E-state index in [4.69, 9.17) is 13.9 Å². The van der Waals surface area contributed by atoms with Crippen LogP contribution in [0.4, 0.5) is 0 Å². The van der Waals surface area contributed by atoms with Crippen LogP contribution in [0.2, 0.25) is 0 Å². The summed E-state index contributed by atoms with van der Waals surface area (Å²) in [5, 5.41) is 3.34. The Kier molecular flexibility index (Phi) is 7.97. The number of nitrogens with one attached hydrogen (secondary N) is 1. The molecule has 2 aromatic heterocycles. The summed E-state index contributed by atoms with van der Waals surface area (Å²) in [5.74, 6) is 2.27. The average Bonchev–Trinajstić information content (AvgIpc) is 3.15. The van der Waals surface area contributed by atoms with E-state index in [1.807, 2.05) is 36.4 Å². The molecule has 7 heteroatoms. The Balaban J connectivity index is 0.00000243. The van der Waals surface area contributed by atoms with E-state index in [-0.39, 0.29) is 12.4 Å². The van der Waals surface area contributed by atoms with Crippen molar-refractivity contribution in [1.82, 2.24) is 10.3 Å². The fourth-order valence-electron chi connectivity index (χ4n) is 2.40. The minimum atomic E-state index is 0. The van der Waals surface area contributed by atoms with Gasteiger partial charge in [0.15, 0.2) is 11.5 Å². The second-order valence-corrected chi connectivity index (χ2v) is 6.30. The van der Waals surface area contributed by atoms with Gasteiger partial charge in [-0.1, -0.05) is 6.07 Å². The summed E-state index contributed by atoms with van der Waals surface area (Å²) in [5.41, 5.74) is 2.09. The highest BCUT2D eigenvalue weighted by Gasteiger charge is 2.12. The van der Waals surface area contributed by atoms with Gasteiger partial charge in [-0.25, -0.2) is 0 Å². The molecule has 2 heterocycles. The maximum absolute atomic E-state index is 5.92. The molecule has 0 amide bonds. The normalized spacial score (nSPS) is 10.2. The molecule has 0 atom stereocenters. The lowest BCUT2D eigenvalue weighted by Crippen LogP contribution is -2.12.